The second kappa shape index (κ2) is 9.31. The maximum Gasteiger partial charge on any atom is 0.287 e. The number of carbonyl (C=O) groups is 1. The number of amides is 1. The van der Waals surface area contributed by atoms with Crippen LogP contribution >= 0.6 is 0 Å². The summed E-state index contributed by atoms with van der Waals surface area (Å²) in [5.74, 6) is 0.689. The zero-order valence-corrected chi connectivity index (χ0v) is 17.8. The Bertz CT molecular complexity index is 943. The molecule has 2 atom stereocenters. The van der Waals surface area contributed by atoms with E-state index in [4.69, 9.17) is 4.42 Å². The molecule has 1 fully saturated rings. The lowest BCUT2D eigenvalue weighted by Gasteiger charge is -2.36. The zero-order valence-electron chi connectivity index (χ0n) is 17.8. The zero-order chi connectivity index (χ0) is 20.9. The predicted molar refractivity (Wildman–Crippen MR) is 119 cm³/mol. The minimum absolute atomic E-state index is 0.0646. The molecule has 2 aromatic carbocycles. The molecule has 1 aliphatic heterocycles. The molecule has 0 radical (unpaired) electrons. The number of furan rings is 1. The topological polar surface area (TPSA) is 45.5 Å². The van der Waals surface area contributed by atoms with Crippen molar-refractivity contribution in [2.45, 2.75) is 44.7 Å². The van der Waals surface area contributed by atoms with Gasteiger partial charge in [0.15, 0.2) is 5.76 Å². The third-order valence-corrected chi connectivity index (χ3v) is 6.35. The fourth-order valence-electron chi connectivity index (χ4n) is 4.45. The van der Waals surface area contributed by atoms with Crippen molar-refractivity contribution in [3.8, 4) is 0 Å². The van der Waals surface area contributed by atoms with Crippen molar-refractivity contribution in [1.82, 2.24) is 10.2 Å². The number of carbonyl (C=O) groups excluding carboxylic acids is 1. The average molecular weight is 403 g/mol. The highest BCUT2D eigenvalue weighted by Gasteiger charge is 2.29. The van der Waals surface area contributed by atoms with Gasteiger partial charge in [0.05, 0.1) is 12.3 Å². The number of piperidine rings is 1. The molecule has 4 nitrogen and oxygen atoms in total. The smallest absolute Gasteiger partial charge is 0.287 e. The molecule has 1 N–H and O–H groups in total. The molecule has 1 saturated heterocycles. The van der Waals surface area contributed by atoms with E-state index in [1.54, 1.807) is 6.26 Å². The fraction of sp³-hybridized carbons (Fsp3) is 0.346. The first-order valence-corrected chi connectivity index (χ1v) is 10.9. The lowest BCUT2D eigenvalue weighted by Crippen LogP contribution is -2.35. The quantitative estimate of drug-likeness (QED) is 0.574. The summed E-state index contributed by atoms with van der Waals surface area (Å²) >= 11 is 0. The maximum atomic E-state index is 12.9. The van der Waals surface area contributed by atoms with Gasteiger partial charge in [-0.15, -0.1) is 0 Å². The third-order valence-electron chi connectivity index (χ3n) is 6.35. The van der Waals surface area contributed by atoms with E-state index in [2.05, 4.69) is 47.5 Å². The number of rotatable bonds is 6. The van der Waals surface area contributed by atoms with Crippen LogP contribution in [0.2, 0.25) is 0 Å². The van der Waals surface area contributed by atoms with Crippen molar-refractivity contribution in [1.29, 1.82) is 0 Å². The van der Waals surface area contributed by atoms with Gasteiger partial charge in [0.1, 0.15) is 0 Å². The fourth-order valence-corrected chi connectivity index (χ4v) is 4.45. The molecule has 0 bridgehead atoms. The lowest BCUT2D eigenvalue weighted by atomic mass is 9.88. The van der Waals surface area contributed by atoms with Gasteiger partial charge in [-0.05, 0) is 62.9 Å². The van der Waals surface area contributed by atoms with Crippen LogP contribution < -0.4 is 5.32 Å². The molecule has 1 aromatic heterocycles. The van der Waals surface area contributed by atoms with Crippen molar-refractivity contribution in [3.05, 3.63) is 95.4 Å². The van der Waals surface area contributed by atoms with Gasteiger partial charge in [-0.1, -0.05) is 60.7 Å². The van der Waals surface area contributed by atoms with Gasteiger partial charge < -0.3 is 9.73 Å². The Labute approximate surface area is 178 Å². The van der Waals surface area contributed by atoms with Gasteiger partial charge in [0, 0.05) is 11.6 Å². The molecule has 30 heavy (non-hydrogen) atoms. The van der Waals surface area contributed by atoms with Crippen LogP contribution in [0, 0.1) is 0 Å². The molecule has 4 heteroatoms. The summed E-state index contributed by atoms with van der Waals surface area (Å²) in [6, 6.07) is 23.0. The second-order valence-corrected chi connectivity index (χ2v) is 8.21. The SMILES string of the molecule is CC(NC(=O)c1occc1C1CCN(C(C)c2ccccc2)CC1)c1ccccc1. The number of hydrogen-bond acceptors (Lipinski definition) is 3. The summed E-state index contributed by atoms with van der Waals surface area (Å²) in [7, 11) is 0. The van der Waals surface area contributed by atoms with Crippen molar-refractivity contribution >= 4 is 5.91 Å². The maximum absolute atomic E-state index is 12.9. The molecule has 2 heterocycles. The summed E-state index contributed by atoms with van der Waals surface area (Å²) < 4.78 is 5.63. The van der Waals surface area contributed by atoms with Crippen molar-refractivity contribution < 1.29 is 9.21 Å². The van der Waals surface area contributed by atoms with Crippen LogP contribution in [0.1, 0.15) is 71.9 Å². The predicted octanol–water partition coefficient (Wildman–Crippen LogP) is 5.71. The van der Waals surface area contributed by atoms with Crippen LogP contribution in [0.4, 0.5) is 0 Å². The Morgan fingerprint density at radius 3 is 2.17 bits per heavy atom. The summed E-state index contributed by atoms with van der Waals surface area (Å²) in [5, 5.41) is 3.08. The van der Waals surface area contributed by atoms with Crippen molar-refractivity contribution in [3.63, 3.8) is 0 Å². The van der Waals surface area contributed by atoms with E-state index in [-0.39, 0.29) is 11.9 Å². The van der Waals surface area contributed by atoms with Gasteiger partial charge in [-0.25, -0.2) is 0 Å². The Hall–Kier alpha value is -2.85. The monoisotopic (exact) mass is 402 g/mol. The van der Waals surface area contributed by atoms with Gasteiger partial charge in [-0.2, -0.15) is 0 Å². The Kier molecular flexibility index (Phi) is 6.34. The van der Waals surface area contributed by atoms with Gasteiger partial charge >= 0.3 is 0 Å². The first-order chi connectivity index (χ1) is 14.6. The highest BCUT2D eigenvalue weighted by atomic mass is 16.3. The number of likely N-dealkylation sites (tertiary alicyclic amines) is 1. The minimum Gasteiger partial charge on any atom is -0.459 e. The van der Waals surface area contributed by atoms with E-state index in [1.807, 2.05) is 43.3 Å². The third kappa shape index (κ3) is 4.49. The highest BCUT2D eigenvalue weighted by Crippen LogP contribution is 2.34. The molecule has 0 aliphatic carbocycles. The molecule has 0 spiro atoms. The Balaban J connectivity index is 1.38. The summed E-state index contributed by atoms with van der Waals surface area (Å²) in [6.45, 7) is 6.32. The lowest BCUT2D eigenvalue weighted by molar-refractivity contribution is 0.0908. The molecular formula is C26H30N2O2. The highest BCUT2D eigenvalue weighted by molar-refractivity contribution is 5.93. The summed E-state index contributed by atoms with van der Waals surface area (Å²) in [5.41, 5.74) is 3.48. The Morgan fingerprint density at radius 2 is 1.53 bits per heavy atom. The Morgan fingerprint density at radius 1 is 0.933 bits per heavy atom. The average Bonchev–Trinajstić information content (AvgIpc) is 3.30. The van der Waals surface area contributed by atoms with Gasteiger partial charge in [0.2, 0.25) is 0 Å². The standard InChI is InChI=1S/C26H30N2O2/c1-19(21-9-5-3-6-10-21)27-26(29)25-24(15-18-30-25)23-13-16-28(17-14-23)20(2)22-11-7-4-8-12-22/h3-12,15,18-20,23H,13-14,16-17H2,1-2H3,(H,27,29). The molecule has 156 valence electrons. The first kappa shape index (κ1) is 20.4. The van der Waals surface area contributed by atoms with Gasteiger partial charge in [0.25, 0.3) is 5.91 Å². The van der Waals surface area contributed by atoms with Crippen LogP contribution in [-0.2, 0) is 0 Å². The second-order valence-electron chi connectivity index (χ2n) is 8.21. The number of benzene rings is 2. The van der Waals surface area contributed by atoms with Crippen LogP contribution in [-0.4, -0.2) is 23.9 Å². The molecule has 1 amide bonds. The van der Waals surface area contributed by atoms with E-state index in [9.17, 15) is 4.79 Å². The van der Waals surface area contributed by atoms with E-state index < -0.39 is 0 Å². The van der Waals surface area contributed by atoms with Gasteiger partial charge in [-0.3, -0.25) is 9.69 Å². The molecule has 3 aromatic rings. The van der Waals surface area contributed by atoms with Crippen LogP contribution in [0.5, 0.6) is 0 Å². The molecular weight excluding hydrogens is 372 g/mol. The molecule has 2 unspecified atom stereocenters. The van der Waals surface area contributed by atoms with Crippen LogP contribution in [0.3, 0.4) is 0 Å². The van der Waals surface area contributed by atoms with E-state index in [0.29, 0.717) is 17.7 Å². The molecule has 4 rings (SSSR count). The normalized spacial score (nSPS) is 17.4. The van der Waals surface area contributed by atoms with E-state index in [0.717, 1.165) is 37.1 Å². The molecule has 0 saturated carbocycles. The number of nitrogens with one attached hydrogen (secondary N) is 1. The van der Waals surface area contributed by atoms with Crippen molar-refractivity contribution in [2.75, 3.05) is 13.1 Å². The first-order valence-electron chi connectivity index (χ1n) is 10.9. The number of nitrogens with zero attached hydrogens (tertiary/aromatic N) is 1. The van der Waals surface area contributed by atoms with E-state index >= 15 is 0 Å². The van der Waals surface area contributed by atoms with Crippen molar-refractivity contribution in [2.24, 2.45) is 0 Å². The van der Waals surface area contributed by atoms with Crippen LogP contribution in [0.15, 0.2) is 77.4 Å². The minimum atomic E-state index is -0.133. The molecule has 1 aliphatic rings. The summed E-state index contributed by atoms with van der Waals surface area (Å²) in [4.78, 5) is 15.4. The van der Waals surface area contributed by atoms with Crippen LogP contribution in [0.25, 0.3) is 0 Å². The number of hydrogen-bond donors (Lipinski definition) is 1. The largest absolute Gasteiger partial charge is 0.459 e. The summed E-state index contributed by atoms with van der Waals surface area (Å²) in [6.07, 6.45) is 3.72. The van der Waals surface area contributed by atoms with E-state index in [1.165, 1.54) is 5.56 Å².